The number of anilines is 1. The molecule has 3 aliphatic rings. The van der Waals surface area contributed by atoms with Crippen LogP contribution in [0.2, 0.25) is 0 Å². The molecule has 2 N–H and O–H groups in total. The van der Waals surface area contributed by atoms with Crippen LogP contribution in [0.3, 0.4) is 0 Å². The largest absolute Gasteiger partial charge is 0.508 e. The Morgan fingerprint density at radius 1 is 1.05 bits per heavy atom. The van der Waals surface area contributed by atoms with Crippen molar-refractivity contribution < 1.29 is 14.2 Å². The summed E-state index contributed by atoms with van der Waals surface area (Å²) in [4.78, 5) is 14.1. The predicted molar refractivity (Wildman–Crippen MR) is 152 cm³/mol. The SMILES string of the molecule is Cc1cccc2cc(O)cc(-c3ccc4c(N5C[C@H]6CC[C@@H](C5)N6)nc(OC[C@@H]5CCCN5C)nc4c3F)c12. The number of fused-ring (bicyclic) bond motifs is 4. The Morgan fingerprint density at radius 3 is 2.64 bits per heavy atom. The molecule has 0 radical (unpaired) electrons. The second-order valence-corrected chi connectivity index (χ2v) is 11.4. The van der Waals surface area contributed by atoms with Crippen LogP contribution in [0.4, 0.5) is 10.2 Å². The average molecular weight is 528 g/mol. The number of aromatic hydroxyl groups is 1. The molecule has 1 aromatic heterocycles. The van der Waals surface area contributed by atoms with Gasteiger partial charge in [0.1, 0.15) is 23.7 Å². The maximum Gasteiger partial charge on any atom is 0.319 e. The van der Waals surface area contributed by atoms with E-state index in [9.17, 15) is 5.11 Å². The molecule has 0 unspecified atom stereocenters. The zero-order valence-corrected chi connectivity index (χ0v) is 22.5. The maximum absolute atomic E-state index is 16.6. The van der Waals surface area contributed by atoms with Crippen LogP contribution in [-0.2, 0) is 0 Å². The number of rotatable bonds is 5. The van der Waals surface area contributed by atoms with Gasteiger partial charge in [-0.2, -0.15) is 9.97 Å². The van der Waals surface area contributed by atoms with E-state index in [1.807, 2.05) is 31.2 Å². The van der Waals surface area contributed by atoms with E-state index in [1.165, 1.54) is 0 Å². The van der Waals surface area contributed by atoms with Gasteiger partial charge in [0.2, 0.25) is 0 Å². The monoisotopic (exact) mass is 527 g/mol. The van der Waals surface area contributed by atoms with Gasteiger partial charge in [0.25, 0.3) is 0 Å². The Morgan fingerprint density at radius 2 is 1.87 bits per heavy atom. The molecule has 4 heterocycles. The van der Waals surface area contributed by atoms with Gasteiger partial charge in [-0.3, -0.25) is 0 Å². The minimum Gasteiger partial charge on any atom is -0.508 e. The standard InChI is InChI=1S/C31H34FN5O2/c1-18-5-3-6-19-13-23(38)14-26(27(18)19)24-10-11-25-29(28(24)32)34-31(39-17-22-7-4-12-36(22)2)35-30(25)37-15-20-8-9-21(16-37)33-20/h3,5-6,10-11,13-14,20-22,33,38H,4,7-9,12,15-17H2,1-2H3/t20-,21+,22-/m0/s1. The van der Waals surface area contributed by atoms with Gasteiger partial charge in [0.15, 0.2) is 5.82 Å². The van der Waals surface area contributed by atoms with E-state index in [2.05, 4.69) is 27.1 Å². The third-order valence-electron chi connectivity index (χ3n) is 8.82. The summed E-state index contributed by atoms with van der Waals surface area (Å²) in [5.74, 6) is 0.412. The van der Waals surface area contributed by atoms with Crippen molar-refractivity contribution in [3.8, 4) is 22.9 Å². The van der Waals surface area contributed by atoms with Crippen molar-refractivity contribution in [3.63, 3.8) is 0 Å². The van der Waals surface area contributed by atoms with Crippen molar-refractivity contribution in [1.82, 2.24) is 20.2 Å². The first-order valence-electron chi connectivity index (χ1n) is 14.0. The number of hydrogen-bond donors (Lipinski definition) is 2. The molecule has 0 amide bonds. The second kappa shape index (κ2) is 9.61. The Labute approximate surface area is 227 Å². The van der Waals surface area contributed by atoms with Crippen LogP contribution in [0.15, 0.2) is 42.5 Å². The highest BCUT2D eigenvalue weighted by molar-refractivity contribution is 6.02. The summed E-state index contributed by atoms with van der Waals surface area (Å²) in [7, 11) is 2.11. The minimum absolute atomic E-state index is 0.104. The highest BCUT2D eigenvalue weighted by Gasteiger charge is 2.34. The Balaban J connectivity index is 1.37. The first-order chi connectivity index (χ1) is 18.9. The Hall–Kier alpha value is -3.49. The van der Waals surface area contributed by atoms with Crippen LogP contribution in [0.5, 0.6) is 11.8 Å². The van der Waals surface area contributed by atoms with Gasteiger partial charge >= 0.3 is 6.01 Å². The molecule has 0 aliphatic carbocycles. The molecule has 3 saturated heterocycles. The summed E-state index contributed by atoms with van der Waals surface area (Å²) >= 11 is 0. The number of phenols is 1. The van der Waals surface area contributed by atoms with Crippen LogP contribution in [-0.4, -0.2) is 71.4 Å². The van der Waals surface area contributed by atoms with Gasteiger partial charge in [-0.15, -0.1) is 0 Å². The number of aromatic nitrogens is 2. The molecule has 4 aromatic rings. The number of piperazine rings is 1. The number of benzene rings is 3. The van der Waals surface area contributed by atoms with Crippen LogP contribution in [0.1, 0.15) is 31.2 Å². The smallest absolute Gasteiger partial charge is 0.319 e. The zero-order valence-electron chi connectivity index (χ0n) is 22.5. The van der Waals surface area contributed by atoms with E-state index in [0.717, 1.165) is 67.5 Å². The van der Waals surface area contributed by atoms with Crippen molar-refractivity contribution in [3.05, 3.63) is 53.8 Å². The fourth-order valence-corrected chi connectivity index (χ4v) is 6.78. The van der Waals surface area contributed by atoms with Crippen LogP contribution in [0.25, 0.3) is 32.8 Å². The number of hydrogen-bond acceptors (Lipinski definition) is 7. The lowest BCUT2D eigenvalue weighted by Crippen LogP contribution is -2.51. The van der Waals surface area contributed by atoms with Crippen molar-refractivity contribution in [1.29, 1.82) is 0 Å². The number of halogens is 1. The predicted octanol–water partition coefficient (Wildman–Crippen LogP) is 5.02. The second-order valence-electron chi connectivity index (χ2n) is 11.4. The van der Waals surface area contributed by atoms with Gasteiger partial charge in [-0.25, -0.2) is 4.39 Å². The van der Waals surface area contributed by atoms with Crippen molar-refractivity contribution in [2.75, 3.05) is 38.2 Å². The van der Waals surface area contributed by atoms with Gasteiger partial charge < -0.3 is 25.0 Å². The molecule has 0 spiro atoms. The average Bonchev–Trinajstić information content (AvgIpc) is 3.50. The minimum atomic E-state index is -0.424. The van der Waals surface area contributed by atoms with Gasteiger partial charge in [0.05, 0.1) is 0 Å². The molecule has 39 heavy (non-hydrogen) atoms. The summed E-state index contributed by atoms with van der Waals surface area (Å²) in [6.45, 7) is 5.19. The van der Waals surface area contributed by atoms with E-state index >= 15 is 4.39 Å². The molecule has 8 heteroatoms. The summed E-state index contributed by atoms with van der Waals surface area (Å²) in [6, 6.07) is 14.3. The van der Waals surface area contributed by atoms with Crippen molar-refractivity contribution >= 4 is 27.5 Å². The number of ether oxygens (including phenoxy) is 1. The lowest BCUT2D eigenvalue weighted by Gasteiger charge is -2.34. The third-order valence-corrected chi connectivity index (χ3v) is 8.82. The van der Waals surface area contributed by atoms with Gasteiger partial charge in [0, 0.05) is 42.2 Å². The molecule has 3 aliphatic heterocycles. The zero-order chi connectivity index (χ0) is 26.7. The molecule has 0 saturated carbocycles. The molecule has 7 rings (SSSR count). The lowest BCUT2D eigenvalue weighted by atomic mass is 9.93. The molecule has 3 atom stereocenters. The molecule has 7 nitrogen and oxygen atoms in total. The first kappa shape index (κ1) is 24.5. The first-order valence-corrected chi connectivity index (χ1v) is 14.0. The molecule has 202 valence electrons. The molecule has 2 bridgehead atoms. The molecule has 3 fully saturated rings. The van der Waals surface area contributed by atoms with Gasteiger partial charge in [-0.05, 0) is 86.3 Å². The number of nitrogens with one attached hydrogen (secondary N) is 1. The number of likely N-dealkylation sites (tertiary alicyclic amines) is 1. The van der Waals surface area contributed by atoms with E-state index in [4.69, 9.17) is 9.72 Å². The quantitative estimate of drug-likeness (QED) is 0.378. The van der Waals surface area contributed by atoms with Crippen molar-refractivity contribution in [2.45, 2.75) is 50.7 Å². The number of nitrogens with zero attached hydrogens (tertiary/aromatic N) is 4. The summed E-state index contributed by atoms with van der Waals surface area (Å²) < 4.78 is 22.7. The van der Waals surface area contributed by atoms with E-state index in [-0.39, 0.29) is 17.3 Å². The van der Waals surface area contributed by atoms with Crippen molar-refractivity contribution in [2.24, 2.45) is 0 Å². The maximum atomic E-state index is 16.6. The van der Waals surface area contributed by atoms with Crippen LogP contribution in [0, 0.1) is 12.7 Å². The molecule has 3 aromatic carbocycles. The fourth-order valence-electron chi connectivity index (χ4n) is 6.78. The Bertz CT molecular complexity index is 1560. The van der Waals surface area contributed by atoms with E-state index in [1.54, 1.807) is 18.2 Å². The highest BCUT2D eigenvalue weighted by atomic mass is 19.1. The van der Waals surface area contributed by atoms with Crippen LogP contribution >= 0.6 is 0 Å². The number of likely N-dealkylation sites (N-methyl/N-ethyl adjacent to an activating group) is 1. The molecular formula is C31H34FN5O2. The topological polar surface area (TPSA) is 73.8 Å². The molecular weight excluding hydrogens is 493 g/mol. The summed E-state index contributed by atoms with van der Waals surface area (Å²) in [5.41, 5.74) is 2.33. The third kappa shape index (κ3) is 4.36. The fraction of sp³-hybridized carbons (Fsp3) is 0.419. The lowest BCUT2D eigenvalue weighted by molar-refractivity contribution is 0.188. The number of aryl methyl sites for hydroxylation is 1. The normalized spacial score (nSPS) is 23.3. The van der Waals surface area contributed by atoms with E-state index in [0.29, 0.717) is 41.2 Å². The van der Waals surface area contributed by atoms with E-state index < -0.39 is 5.82 Å². The number of phenolic OH excluding ortho intramolecular Hbond substituents is 1. The van der Waals surface area contributed by atoms with Crippen LogP contribution < -0.4 is 15.0 Å². The summed E-state index contributed by atoms with van der Waals surface area (Å²) in [6.07, 6.45) is 4.50. The Kier molecular flexibility index (Phi) is 6.05. The highest BCUT2D eigenvalue weighted by Crippen LogP contribution is 2.40. The summed E-state index contributed by atoms with van der Waals surface area (Å²) in [5, 5.41) is 16.6. The van der Waals surface area contributed by atoms with Gasteiger partial charge in [-0.1, -0.05) is 24.3 Å².